The van der Waals surface area contributed by atoms with Crippen molar-refractivity contribution in [3.63, 3.8) is 0 Å². The summed E-state index contributed by atoms with van der Waals surface area (Å²) in [5.74, 6) is 0.244. The molecule has 0 aliphatic heterocycles. The fourth-order valence-corrected chi connectivity index (χ4v) is 1.17. The molecule has 1 aromatic carbocycles. The van der Waals surface area contributed by atoms with E-state index in [1.807, 2.05) is 0 Å². The number of methoxy groups -OCH3 is 1. The van der Waals surface area contributed by atoms with Crippen LogP contribution in [0.4, 0.5) is 5.69 Å². The van der Waals surface area contributed by atoms with Crippen LogP contribution in [0.25, 0.3) is 5.76 Å². The summed E-state index contributed by atoms with van der Waals surface area (Å²) in [6.45, 7) is 3.55. The van der Waals surface area contributed by atoms with E-state index in [9.17, 15) is 10.1 Å². The maximum atomic E-state index is 10.6. The Labute approximate surface area is 85.9 Å². The molecule has 0 atom stereocenters. The fraction of sp³-hybridized carbons (Fsp3) is 0.111. The van der Waals surface area contributed by atoms with E-state index in [1.165, 1.54) is 19.2 Å². The molecule has 4 nitrogen and oxygen atoms in total. The zero-order valence-corrected chi connectivity index (χ0v) is 8.25. The maximum Gasteiger partial charge on any atom is 0.281 e. The molecule has 0 radical (unpaired) electrons. The smallest absolute Gasteiger partial charge is 0.281 e. The highest BCUT2D eigenvalue weighted by Crippen LogP contribution is 2.28. The number of hydrogen-bond acceptors (Lipinski definition) is 3. The van der Waals surface area contributed by atoms with Gasteiger partial charge in [-0.3, -0.25) is 10.1 Å². The topological polar surface area (TPSA) is 52.4 Å². The summed E-state index contributed by atoms with van der Waals surface area (Å²) in [6.07, 6.45) is 0. The minimum Gasteiger partial charge on any atom is -0.496 e. The number of halogens is 1. The molecule has 0 saturated heterocycles. The van der Waals surface area contributed by atoms with Gasteiger partial charge in [-0.25, -0.2) is 0 Å². The van der Waals surface area contributed by atoms with E-state index < -0.39 is 4.92 Å². The number of rotatable bonds is 3. The van der Waals surface area contributed by atoms with Crippen LogP contribution in [-0.2, 0) is 4.74 Å². The standard InChI is InChI=1S/C9H8ClNO3/c1-6(14-2)8-4-3-7(10)5-9(8)11(12)13/h3-5H,1H2,2H3. The van der Waals surface area contributed by atoms with Gasteiger partial charge in [-0.15, -0.1) is 0 Å². The number of benzene rings is 1. The second-order valence-electron chi connectivity index (χ2n) is 2.55. The molecule has 14 heavy (non-hydrogen) atoms. The Morgan fingerprint density at radius 1 is 1.64 bits per heavy atom. The third kappa shape index (κ3) is 2.03. The van der Waals surface area contributed by atoms with Gasteiger partial charge in [0.25, 0.3) is 5.69 Å². The first-order valence-corrected chi connectivity index (χ1v) is 4.11. The van der Waals surface area contributed by atoms with E-state index in [0.29, 0.717) is 10.6 Å². The minimum absolute atomic E-state index is 0.107. The van der Waals surface area contributed by atoms with E-state index in [2.05, 4.69) is 6.58 Å². The Morgan fingerprint density at radius 3 is 2.79 bits per heavy atom. The van der Waals surface area contributed by atoms with Crippen LogP contribution in [-0.4, -0.2) is 12.0 Å². The lowest BCUT2D eigenvalue weighted by Gasteiger charge is -2.04. The lowest BCUT2D eigenvalue weighted by molar-refractivity contribution is -0.385. The van der Waals surface area contributed by atoms with Crippen molar-refractivity contribution in [1.82, 2.24) is 0 Å². The quantitative estimate of drug-likeness (QED) is 0.441. The molecule has 1 rings (SSSR count). The highest BCUT2D eigenvalue weighted by Gasteiger charge is 2.16. The third-order valence-electron chi connectivity index (χ3n) is 1.70. The first-order chi connectivity index (χ1) is 6.56. The van der Waals surface area contributed by atoms with Crippen LogP contribution in [0.2, 0.25) is 5.02 Å². The van der Waals surface area contributed by atoms with E-state index in [4.69, 9.17) is 16.3 Å². The molecular weight excluding hydrogens is 206 g/mol. The van der Waals surface area contributed by atoms with Gasteiger partial charge in [0.15, 0.2) is 0 Å². The third-order valence-corrected chi connectivity index (χ3v) is 1.94. The van der Waals surface area contributed by atoms with Gasteiger partial charge in [0, 0.05) is 11.1 Å². The molecule has 0 spiro atoms. The Morgan fingerprint density at radius 2 is 2.29 bits per heavy atom. The van der Waals surface area contributed by atoms with Crippen molar-refractivity contribution in [3.05, 3.63) is 45.5 Å². The summed E-state index contributed by atoms with van der Waals surface area (Å²) < 4.78 is 4.82. The van der Waals surface area contributed by atoms with Crippen molar-refractivity contribution < 1.29 is 9.66 Å². The van der Waals surface area contributed by atoms with Crippen LogP contribution in [0, 0.1) is 10.1 Å². The number of ether oxygens (including phenoxy) is 1. The van der Waals surface area contributed by atoms with Crippen molar-refractivity contribution in [3.8, 4) is 0 Å². The number of nitro benzene ring substituents is 1. The van der Waals surface area contributed by atoms with E-state index in [-0.39, 0.29) is 11.4 Å². The normalized spacial score (nSPS) is 9.57. The molecule has 0 fully saturated rings. The van der Waals surface area contributed by atoms with Crippen molar-refractivity contribution in [2.45, 2.75) is 0 Å². The summed E-state index contributed by atoms with van der Waals surface area (Å²) in [7, 11) is 1.40. The Bertz CT molecular complexity index is 390. The van der Waals surface area contributed by atoms with Crippen LogP contribution in [0.15, 0.2) is 24.8 Å². The molecule has 0 aliphatic rings. The minimum atomic E-state index is -0.522. The Kier molecular flexibility index (Phi) is 3.09. The second-order valence-corrected chi connectivity index (χ2v) is 2.98. The largest absolute Gasteiger partial charge is 0.496 e. The van der Waals surface area contributed by atoms with Gasteiger partial charge >= 0.3 is 0 Å². The number of hydrogen-bond donors (Lipinski definition) is 0. The molecule has 0 heterocycles. The lowest BCUT2D eigenvalue weighted by atomic mass is 10.1. The second kappa shape index (κ2) is 4.11. The summed E-state index contributed by atoms with van der Waals surface area (Å²) in [5.41, 5.74) is 0.228. The molecule has 1 aromatic rings. The summed E-state index contributed by atoms with van der Waals surface area (Å²) in [4.78, 5) is 10.1. The fourth-order valence-electron chi connectivity index (χ4n) is 1.00. The molecule has 0 saturated carbocycles. The van der Waals surface area contributed by atoms with E-state index >= 15 is 0 Å². The van der Waals surface area contributed by atoms with Gasteiger partial charge in [0.1, 0.15) is 5.76 Å². The maximum absolute atomic E-state index is 10.6. The lowest BCUT2D eigenvalue weighted by Crippen LogP contribution is -1.95. The van der Waals surface area contributed by atoms with Gasteiger partial charge in [0.2, 0.25) is 0 Å². The van der Waals surface area contributed by atoms with Crippen LogP contribution < -0.4 is 0 Å². The van der Waals surface area contributed by atoms with Gasteiger partial charge in [-0.05, 0) is 12.1 Å². The zero-order valence-electron chi connectivity index (χ0n) is 7.49. The molecule has 0 N–H and O–H groups in total. The monoisotopic (exact) mass is 213 g/mol. The van der Waals surface area contributed by atoms with Crippen molar-refractivity contribution in [2.24, 2.45) is 0 Å². The average molecular weight is 214 g/mol. The van der Waals surface area contributed by atoms with Gasteiger partial charge < -0.3 is 4.74 Å². The molecule has 0 aliphatic carbocycles. The van der Waals surface area contributed by atoms with Gasteiger partial charge in [-0.1, -0.05) is 18.2 Å². The van der Waals surface area contributed by atoms with Crippen molar-refractivity contribution in [1.29, 1.82) is 0 Å². The zero-order chi connectivity index (χ0) is 10.7. The summed E-state index contributed by atoms with van der Waals surface area (Å²) in [6, 6.07) is 4.32. The molecule has 0 amide bonds. The van der Waals surface area contributed by atoms with Crippen molar-refractivity contribution >= 4 is 23.0 Å². The van der Waals surface area contributed by atoms with Crippen LogP contribution in [0.3, 0.4) is 0 Å². The van der Waals surface area contributed by atoms with Crippen LogP contribution >= 0.6 is 11.6 Å². The Hall–Kier alpha value is -1.55. The SMILES string of the molecule is C=C(OC)c1ccc(Cl)cc1[N+](=O)[O-]. The highest BCUT2D eigenvalue weighted by atomic mass is 35.5. The van der Waals surface area contributed by atoms with Crippen LogP contribution in [0.5, 0.6) is 0 Å². The number of nitrogens with zero attached hydrogens (tertiary/aromatic N) is 1. The first-order valence-electron chi connectivity index (χ1n) is 3.73. The van der Waals surface area contributed by atoms with E-state index in [1.54, 1.807) is 6.07 Å². The highest BCUT2D eigenvalue weighted by molar-refractivity contribution is 6.30. The van der Waals surface area contributed by atoms with Gasteiger partial charge in [0.05, 0.1) is 17.6 Å². The molecule has 0 aromatic heterocycles. The average Bonchev–Trinajstić information content (AvgIpc) is 2.16. The van der Waals surface area contributed by atoms with Gasteiger partial charge in [-0.2, -0.15) is 0 Å². The molecule has 5 heteroatoms. The predicted octanol–water partition coefficient (Wildman–Crippen LogP) is 2.87. The molecule has 74 valence electrons. The van der Waals surface area contributed by atoms with Crippen molar-refractivity contribution in [2.75, 3.05) is 7.11 Å². The molecule has 0 bridgehead atoms. The van der Waals surface area contributed by atoms with Crippen LogP contribution in [0.1, 0.15) is 5.56 Å². The predicted molar refractivity (Wildman–Crippen MR) is 54.1 cm³/mol. The molecular formula is C9H8ClNO3. The summed E-state index contributed by atoms with van der Waals surface area (Å²) in [5, 5.41) is 11.0. The Balaban J connectivity index is 3.28. The number of nitro groups is 1. The molecule has 0 unspecified atom stereocenters. The first kappa shape index (κ1) is 10.5. The summed E-state index contributed by atoms with van der Waals surface area (Å²) >= 11 is 5.63. The van der Waals surface area contributed by atoms with E-state index in [0.717, 1.165) is 0 Å².